The Kier molecular flexibility index (Phi) is 7.62. The Morgan fingerprint density at radius 2 is 2.00 bits per heavy atom. The van der Waals surface area contributed by atoms with Gasteiger partial charge in [0.1, 0.15) is 12.6 Å². The van der Waals surface area contributed by atoms with Gasteiger partial charge in [-0.3, -0.25) is 14.5 Å². The van der Waals surface area contributed by atoms with E-state index in [2.05, 4.69) is 19.2 Å². The van der Waals surface area contributed by atoms with E-state index in [1.54, 1.807) is 7.05 Å². The molecule has 0 fully saturated rings. The first-order chi connectivity index (χ1) is 10.9. The van der Waals surface area contributed by atoms with Gasteiger partial charge in [-0.15, -0.1) is 0 Å². The minimum atomic E-state index is -0.396. The van der Waals surface area contributed by atoms with Crippen LogP contribution in [0.1, 0.15) is 54.1 Å². The molecule has 0 spiro atoms. The zero-order valence-corrected chi connectivity index (χ0v) is 14.3. The Bertz CT molecular complexity index is 555. The first-order valence-corrected chi connectivity index (χ1v) is 7.88. The fourth-order valence-electron chi connectivity index (χ4n) is 2.56. The summed E-state index contributed by atoms with van der Waals surface area (Å²) in [5.74, 6) is 0.242. The maximum atomic E-state index is 12.0. The molecule has 0 bridgehead atoms. The molecular weight excluding hydrogens is 292 g/mol. The van der Waals surface area contributed by atoms with E-state index in [0.717, 1.165) is 23.7 Å². The summed E-state index contributed by atoms with van der Waals surface area (Å²) in [6.45, 7) is 4.67. The Balaban J connectivity index is 3.02. The second-order valence-electron chi connectivity index (χ2n) is 6.02. The molecule has 0 heterocycles. The number of carbonyl (C=O) groups excluding carboxylic acids is 3. The van der Waals surface area contributed by atoms with Crippen molar-refractivity contribution in [3.05, 3.63) is 34.9 Å². The maximum absolute atomic E-state index is 12.0. The highest BCUT2D eigenvalue weighted by Gasteiger charge is 2.22. The molecule has 1 rings (SSSR count). The molecule has 5 heteroatoms. The molecule has 0 radical (unpaired) electrons. The minimum absolute atomic E-state index is 0.123. The molecular formula is C18H26N2O3. The molecule has 1 atom stereocenters. The largest absolute Gasteiger partial charge is 0.358 e. The predicted molar refractivity (Wildman–Crippen MR) is 90.5 cm³/mol. The summed E-state index contributed by atoms with van der Waals surface area (Å²) >= 11 is 0. The van der Waals surface area contributed by atoms with Crippen LogP contribution in [0.4, 0.5) is 0 Å². The van der Waals surface area contributed by atoms with E-state index in [4.69, 9.17) is 0 Å². The number of rotatable bonds is 9. The van der Waals surface area contributed by atoms with E-state index in [-0.39, 0.29) is 5.91 Å². The van der Waals surface area contributed by atoms with Crippen molar-refractivity contribution in [2.45, 2.75) is 45.2 Å². The van der Waals surface area contributed by atoms with Gasteiger partial charge in [-0.2, -0.15) is 0 Å². The van der Waals surface area contributed by atoms with Crippen LogP contribution in [0.2, 0.25) is 0 Å². The van der Waals surface area contributed by atoms with E-state index >= 15 is 0 Å². The van der Waals surface area contributed by atoms with Gasteiger partial charge >= 0.3 is 0 Å². The van der Waals surface area contributed by atoms with Crippen molar-refractivity contribution in [3.63, 3.8) is 0 Å². The minimum Gasteiger partial charge on any atom is -0.358 e. The van der Waals surface area contributed by atoms with Gasteiger partial charge in [0.05, 0.1) is 6.04 Å². The standard InChI is InChI=1S/C18H26N2O3/c1-13(2)14-7-8-15(12-22)16(10-14)11-20(4)17(6-5-9-21)18(23)19-3/h7-10,12-13,17H,5-6,11H2,1-4H3,(H,19,23). The maximum Gasteiger partial charge on any atom is 0.237 e. The average Bonchev–Trinajstić information content (AvgIpc) is 2.54. The topological polar surface area (TPSA) is 66.5 Å². The lowest BCUT2D eigenvalue weighted by atomic mass is 9.97. The van der Waals surface area contributed by atoms with Crippen LogP contribution in [0.5, 0.6) is 0 Å². The number of hydrogen-bond donors (Lipinski definition) is 1. The highest BCUT2D eigenvalue weighted by atomic mass is 16.2. The Hall–Kier alpha value is -2.01. The monoisotopic (exact) mass is 318 g/mol. The van der Waals surface area contributed by atoms with Crippen molar-refractivity contribution in [1.29, 1.82) is 0 Å². The van der Waals surface area contributed by atoms with Crippen molar-refractivity contribution in [1.82, 2.24) is 10.2 Å². The van der Waals surface area contributed by atoms with Crippen molar-refractivity contribution in [3.8, 4) is 0 Å². The summed E-state index contributed by atoms with van der Waals surface area (Å²) in [5, 5.41) is 2.63. The molecule has 1 N–H and O–H groups in total. The van der Waals surface area contributed by atoms with Crippen molar-refractivity contribution < 1.29 is 14.4 Å². The summed E-state index contributed by atoms with van der Waals surface area (Å²) in [6, 6.07) is 5.41. The average molecular weight is 318 g/mol. The van der Waals surface area contributed by atoms with Crippen LogP contribution in [0.3, 0.4) is 0 Å². The van der Waals surface area contributed by atoms with Gasteiger partial charge in [-0.05, 0) is 30.5 Å². The molecule has 0 aliphatic heterocycles. The highest BCUT2D eigenvalue weighted by molar-refractivity contribution is 5.82. The lowest BCUT2D eigenvalue weighted by molar-refractivity contribution is -0.126. The lowest BCUT2D eigenvalue weighted by Crippen LogP contribution is -2.43. The van der Waals surface area contributed by atoms with Crippen LogP contribution in [0.15, 0.2) is 18.2 Å². The number of hydrogen-bond acceptors (Lipinski definition) is 4. The number of nitrogens with zero attached hydrogens (tertiary/aromatic N) is 1. The second kappa shape index (κ2) is 9.20. The first-order valence-electron chi connectivity index (χ1n) is 7.88. The Labute approximate surface area is 138 Å². The molecule has 1 aromatic carbocycles. The SMILES string of the molecule is CNC(=O)C(CCC=O)N(C)Cc1cc(C(C)C)ccc1C=O. The van der Waals surface area contributed by atoms with Gasteiger partial charge in [0.2, 0.25) is 5.91 Å². The lowest BCUT2D eigenvalue weighted by Gasteiger charge is -2.27. The predicted octanol–water partition coefficient (Wildman–Crippen LogP) is 2.15. The smallest absolute Gasteiger partial charge is 0.237 e. The zero-order valence-electron chi connectivity index (χ0n) is 14.3. The van der Waals surface area contributed by atoms with Gasteiger partial charge in [-0.25, -0.2) is 0 Å². The molecule has 0 aliphatic carbocycles. The summed E-state index contributed by atoms with van der Waals surface area (Å²) in [4.78, 5) is 35.8. The number of carbonyl (C=O) groups is 3. The van der Waals surface area contributed by atoms with E-state index in [0.29, 0.717) is 30.9 Å². The number of amides is 1. The summed E-state index contributed by atoms with van der Waals surface area (Å²) in [6.07, 6.45) is 2.45. The van der Waals surface area contributed by atoms with Crippen LogP contribution in [0.25, 0.3) is 0 Å². The van der Waals surface area contributed by atoms with Crippen LogP contribution < -0.4 is 5.32 Å². The van der Waals surface area contributed by atoms with E-state index in [1.807, 2.05) is 30.1 Å². The summed E-state index contributed by atoms with van der Waals surface area (Å²) in [5.41, 5.74) is 2.68. The molecule has 5 nitrogen and oxygen atoms in total. The number of aldehydes is 2. The molecule has 0 saturated heterocycles. The normalized spacial score (nSPS) is 12.3. The number of benzene rings is 1. The van der Waals surface area contributed by atoms with Crippen LogP contribution in [-0.2, 0) is 16.1 Å². The van der Waals surface area contributed by atoms with Crippen LogP contribution in [0, 0.1) is 0 Å². The van der Waals surface area contributed by atoms with Crippen molar-refractivity contribution in [2.75, 3.05) is 14.1 Å². The fraction of sp³-hybridized carbons (Fsp3) is 0.500. The summed E-state index contributed by atoms with van der Waals surface area (Å²) in [7, 11) is 3.42. The van der Waals surface area contributed by atoms with E-state index in [1.165, 1.54) is 0 Å². The number of nitrogens with one attached hydrogen (secondary N) is 1. The second-order valence-corrected chi connectivity index (χ2v) is 6.02. The van der Waals surface area contributed by atoms with Crippen LogP contribution >= 0.6 is 0 Å². The molecule has 126 valence electrons. The van der Waals surface area contributed by atoms with Gasteiger partial charge in [0.15, 0.2) is 0 Å². The first kappa shape index (κ1) is 19.0. The van der Waals surface area contributed by atoms with Gasteiger partial charge in [0, 0.05) is 25.6 Å². The molecule has 1 aromatic rings. The molecule has 1 unspecified atom stereocenters. The van der Waals surface area contributed by atoms with Gasteiger partial charge < -0.3 is 10.1 Å². The third-order valence-corrected chi connectivity index (χ3v) is 4.02. The zero-order chi connectivity index (χ0) is 17.4. The van der Waals surface area contributed by atoms with E-state index < -0.39 is 6.04 Å². The molecule has 23 heavy (non-hydrogen) atoms. The Morgan fingerprint density at radius 3 is 2.52 bits per heavy atom. The molecule has 0 aliphatic rings. The quantitative estimate of drug-likeness (QED) is 0.709. The fourth-order valence-corrected chi connectivity index (χ4v) is 2.56. The third-order valence-electron chi connectivity index (χ3n) is 4.02. The molecule has 0 aromatic heterocycles. The van der Waals surface area contributed by atoms with Gasteiger partial charge in [-0.1, -0.05) is 32.0 Å². The van der Waals surface area contributed by atoms with Gasteiger partial charge in [0.25, 0.3) is 0 Å². The molecule has 1 amide bonds. The van der Waals surface area contributed by atoms with Crippen molar-refractivity contribution >= 4 is 18.5 Å². The third kappa shape index (κ3) is 5.28. The summed E-state index contributed by atoms with van der Waals surface area (Å²) < 4.78 is 0. The Morgan fingerprint density at radius 1 is 1.30 bits per heavy atom. The number of likely N-dealkylation sites (N-methyl/N-ethyl adjacent to an activating group) is 2. The van der Waals surface area contributed by atoms with E-state index in [9.17, 15) is 14.4 Å². The van der Waals surface area contributed by atoms with Crippen LogP contribution in [-0.4, -0.2) is 43.5 Å². The van der Waals surface area contributed by atoms with Crippen molar-refractivity contribution in [2.24, 2.45) is 0 Å². The molecule has 0 saturated carbocycles. The highest BCUT2D eigenvalue weighted by Crippen LogP contribution is 2.20.